The fraction of sp³-hybridized carbons (Fsp3) is 0.571. The van der Waals surface area contributed by atoms with E-state index in [-0.39, 0.29) is 18.1 Å². The maximum absolute atomic E-state index is 14.4. The van der Waals surface area contributed by atoms with Crippen molar-refractivity contribution in [2.45, 2.75) is 45.1 Å². The Kier molecular flexibility index (Phi) is 7.51. The summed E-state index contributed by atoms with van der Waals surface area (Å²) in [6, 6.07) is 9.11. The van der Waals surface area contributed by atoms with Gasteiger partial charge in [-0.2, -0.15) is 0 Å². The normalized spacial score (nSPS) is 22.1. The summed E-state index contributed by atoms with van der Waals surface area (Å²) in [7, 11) is 1.70. The number of carbonyl (C=O) groups excluding carboxylic acids is 1. The van der Waals surface area contributed by atoms with Gasteiger partial charge in [-0.3, -0.25) is 4.79 Å². The molecule has 0 spiro atoms. The van der Waals surface area contributed by atoms with E-state index in [2.05, 4.69) is 22.0 Å². The highest BCUT2D eigenvalue weighted by molar-refractivity contribution is 5.79. The number of rotatable bonds is 10. The number of anilines is 1. The molecule has 35 heavy (non-hydrogen) atoms. The zero-order valence-electron chi connectivity index (χ0n) is 20.6. The Labute approximate surface area is 207 Å². The van der Waals surface area contributed by atoms with E-state index in [1.54, 1.807) is 24.1 Å². The summed E-state index contributed by atoms with van der Waals surface area (Å²) in [5.41, 5.74) is 1.55. The second-order valence-corrected chi connectivity index (χ2v) is 10.2. The fourth-order valence-electron chi connectivity index (χ4n) is 5.52. The van der Waals surface area contributed by atoms with Gasteiger partial charge in [0.25, 0.3) is 0 Å². The van der Waals surface area contributed by atoms with Crippen LogP contribution in [-0.2, 0) is 22.6 Å². The molecule has 1 saturated carbocycles. The minimum absolute atomic E-state index is 0.00525. The van der Waals surface area contributed by atoms with Crippen LogP contribution in [0.4, 0.5) is 10.2 Å². The van der Waals surface area contributed by atoms with Gasteiger partial charge in [-0.15, -0.1) is 0 Å². The van der Waals surface area contributed by atoms with E-state index < -0.39 is 0 Å². The van der Waals surface area contributed by atoms with E-state index in [0.29, 0.717) is 24.5 Å². The van der Waals surface area contributed by atoms with Gasteiger partial charge in [-0.1, -0.05) is 12.1 Å². The highest BCUT2D eigenvalue weighted by Gasteiger charge is 2.43. The minimum atomic E-state index is -0.352. The second kappa shape index (κ2) is 10.9. The Morgan fingerprint density at radius 2 is 1.97 bits per heavy atom. The van der Waals surface area contributed by atoms with Crippen LogP contribution in [0.2, 0.25) is 0 Å². The first-order chi connectivity index (χ1) is 17.1. The second-order valence-electron chi connectivity index (χ2n) is 10.2. The third-order valence-corrected chi connectivity index (χ3v) is 7.90. The Balaban J connectivity index is 1.01. The first kappa shape index (κ1) is 24.0. The van der Waals surface area contributed by atoms with Crippen molar-refractivity contribution in [2.75, 3.05) is 44.8 Å². The molecule has 3 heterocycles. The van der Waals surface area contributed by atoms with Crippen LogP contribution in [-0.4, -0.2) is 55.7 Å². The van der Waals surface area contributed by atoms with Gasteiger partial charge in [-0.25, -0.2) is 9.37 Å². The zero-order valence-corrected chi connectivity index (χ0v) is 20.6. The first-order valence-electron chi connectivity index (χ1n) is 13.0. The standard InChI is InChI=1S/C28H36FN3O3/c1-34-19-20-3-6-27(30-18-20)31-12-7-21(8-13-31)25-15-22(25)9-14-35-24-5-4-23(26(29)17-24)16-28(33)32-10-2-11-32/h3-6,17-18,21-22,25H,2,7-16,19H2,1H3/t22-,25-/m1/s1. The Morgan fingerprint density at radius 3 is 2.63 bits per heavy atom. The molecule has 5 rings (SSSR count). The lowest BCUT2D eigenvalue weighted by Crippen LogP contribution is -2.42. The maximum Gasteiger partial charge on any atom is 0.227 e. The molecule has 2 aliphatic heterocycles. The van der Waals surface area contributed by atoms with E-state index >= 15 is 0 Å². The number of ether oxygens (including phenoxy) is 2. The van der Waals surface area contributed by atoms with E-state index in [1.165, 1.54) is 25.3 Å². The lowest BCUT2D eigenvalue weighted by molar-refractivity contribution is -0.133. The minimum Gasteiger partial charge on any atom is -0.493 e. The molecule has 2 saturated heterocycles. The average molecular weight is 482 g/mol. The number of hydrogen-bond acceptors (Lipinski definition) is 5. The van der Waals surface area contributed by atoms with Crippen LogP contribution in [0, 0.1) is 23.6 Å². The predicted molar refractivity (Wildman–Crippen MR) is 133 cm³/mol. The smallest absolute Gasteiger partial charge is 0.227 e. The van der Waals surface area contributed by atoms with Crippen molar-refractivity contribution < 1.29 is 18.7 Å². The summed E-state index contributed by atoms with van der Waals surface area (Å²) in [5, 5.41) is 0. The molecule has 2 atom stereocenters. The van der Waals surface area contributed by atoms with Crippen LogP contribution in [0.15, 0.2) is 36.5 Å². The summed E-state index contributed by atoms with van der Waals surface area (Å²) in [4.78, 5) is 20.9. The monoisotopic (exact) mass is 481 g/mol. The average Bonchev–Trinajstić information content (AvgIpc) is 3.60. The predicted octanol–water partition coefficient (Wildman–Crippen LogP) is 4.46. The van der Waals surface area contributed by atoms with Crippen molar-refractivity contribution in [1.82, 2.24) is 9.88 Å². The van der Waals surface area contributed by atoms with Gasteiger partial charge >= 0.3 is 0 Å². The third kappa shape index (κ3) is 5.95. The van der Waals surface area contributed by atoms with Gasteiger partial charge in [0, 0.05) is 45.6 Å². The first-order valence-corrected chi connectivity index (χ1v) is 13.0. The van der Waals surface area contributed by atoms with Gasteiger partial charge in [0.1, 0.15) is 17.4 Å². The maximum atomic E-state index is 14.4. The molecule has 188 valence electrons. The van der Waals surface area contributed by atoms with Crippen LogP contribution < -0.4 is 9.64 Å². The van der Waals surface area contributed by atoms with Crippen LogP contribution in [0.5, 0.6) is 5.75 Å². The van der Waals surface area contributed by atoms with Crippen LogP contribution in [0.1, 0.15) is 43.2 Å². The summed E-state index contributed by atoms with van der Waals surface area (Å²) in [5.74, 6) is 3.57. The molecule has 1 aromatic carbocycles. The topological polar surface area (TPSA) is 54.9 Å². The number of aromatic nitrogens is 1. The lowest BCUT2D eigenvalue weighted by atomic mass is 9.90. The molecule has 6 nitrogen and oxygen atoms in total. The SMILES string of the molecule is COCc1ccc(N2CCC([C@H]3C[C@H]3CCOc3ccc(CC(=O)N4CCC4)c(F)c3)CC2)nc1. The number of halogens is 1. The molecule has 0 unspecified atom stereocenters. The van der Waals surface area contributed by atoms with E-state index in [1.807, 2.05) is 6.20 Å². The van der Waals surface area contributed by atoms with Gasteiger partial charge < -0.3 is 19.3 Å². The summed E-state index contributed by atoms with van der Waals surface area (Å²) < 4.78 is 25.5. The van der Waals surface area contributed by atoms with Crippen molar-refractivity contribution in [1.29, 1.82) is 0 Å². The molecule has 1 aliphatic carbocycles. The largest absolute Gasteiger partial charge is 0.493 e. The van der Waals surface area contributed by atoms with Crippen molar-refractivity contribution in [3.8, 4) is 5.75 Å². The molecule has 3 aliphatic rings. The summed E-state index contributed by atoms with van der Waals surface area (Å²) >= 11 is 0. The number of nitrogens with zero attached hydrogens (tertiary/aromatic N) is 3. The highest BCUT2D eigenvalue weighted by atomic mass is 19.1. The molecular formula is C28H36FN3O3. The van der Waals surface area contributed by atoms with Gasteiger partial charge in [0.05, 0.1) is 19.6 Å². The van der Waals surface area contributed by atoms with Crippen LogP contribution >= 0.6 is 0 Å². The number of pyridine rings is 1. The fourth-order valence-corrected chi connectivity index (χ4v) is 5.52. The van der Waals surface area contributed by atoms with Crippen molar-refractivity contribution in [3.05, 3.63) is 53.5 Å². The van der Waals surface area contributed by atoms with Gasteiger partial charge in [-0.05, 0) is 73.1 Å². The Bertz CT molecular complexity index is 1000. The van der Waals surface area contributed by atoms with E-state index in [4.69, 9.17) is 9.47 Å². The van der Waals surface area contributed by atoms with E-state index in [9.17, 15) is 9.18 Å². The summed E-state index contributed by atoms with van der Waals surface area (Å²) in [6.07, 6.45) is 7.81. The summed E-state index contributed by atoms with van der Waals surface area (Å²) in [6.45, 7) is 4.93. The molecule has 3 fully saturated rings. The lowest BCUT2D eigenvalue weighted by Gasteiger charge is -2.33. The van der Waals surface area contributed by atoms with Crippen LogP contribution in [0.3, 0.4) is 0 Å². The number of benzene rings is 1. The Hall–Kier alpha value is -2.67. The number of carbonyl (C=O) groups is 1. The molecular weight excluding hydrogens is 445 g/mol. The highest BCUT2D eigenvalue weighted by Crippen LogP contribution is 2.50. The quantitative estimate of drug-likeness (QED) is 0.501. The Morgan fingerprint density at radius 1 is 1.14 bits per heavy atom. The molecule has 2 aromatic rings. The molecule has 0 N–H and O–H groups in total. The molecule has 0 radical (unpaired) electrons. The number of piperidine rings is 1. The molecule has 1 aromatic heterocycles. The molecule has 0 bridgehead atoms. The van der Waals surface area contributed by atoms with Crippen molar-refractivity contribution in [2.24, 2.45) is 17.8 Å². The number of methoxy groups -OCH3 is 1. The van der Waals surface area contributed by atoms with Crippen LogP contribution in [0.25, 0.3) is 0 Å². The number of hydrogen-bond donors (Lipinski definition) is 0. The number of likely N-dealkylation sites (tertiary alicyclic amines) is 1. The van der Waals surface area contributed by atoms with Gasteiger partial charge in [0.15, 0.2) is 0 Å². The van der Waals surface area contributed by atoms with Gasteiger partial charge in [0.2, 0.25) is 5.91 Å². The molecule has 1 amide bonds. The molecule has 7 heteroatoms. The van der Waals surface area contributed by atoms with Crippen molar-refractivity contribution >= 4 is 11.7 Å². The van der Waals surface area contributed by atoms with Crippen molar-refractivity contribution in [3.63, 3.8) is 0 Å². The number of amides is 1. The van der Waals surface area contributed by atoms with E-state index in [0.717, 1.165) is 68.2 Å². The third-order valence-electron chi connectivity index (χ3n) is 7.90. The zero-order chi connectivity index (χ0) is 24.2.